The molecule has 0 amide bonds. The molecule has 0 spiro atoms. The zero-order valence-corrected chi connectivity index (χ0v) is 14.2. The Morgan fingerprint density at radius 3 is 2.50 bits per heavy atom. The van der Waals surface area contributed by atoms with Crippen molar-refractivity contribution in [2.24, 2.45) is 0 Å². The Kier molecular flexibility index (Phi) is 5.93. The first-order chi connectivity index (χ1) is 11.8. The summed E-state index contributed by atoms with van der Waals surface area (Å²) in [6, 6.07) is 16.9. The molecule has 0 aliphatic heterocycles. The average Bonchev–Trinajstić information content (AvgIpc) is 3.16. The minimum atomic E-state index is 0.256. The molecule has 0 unspecified atom stereocenters. The van der Waals surface area contributed by atoms with Crippen LogP contribution in [0.25, 0.3) is 5.69 Å². The molecular weight excluding hydrogens is 318 g/mol. The Hall–Kier alpha value is -2.24. The van der Waals surface area contributed by atoms with Gasteiger partial charge < -0.3 is 15.0 Å². The highest BCUT2D eigenvalue weighted by molar-refractivity contribution is 7.99. The van der Waals surface area contributed by atoms with Crippen molar-refractivity contribution in [2.75, 3.05) is 17.7 Å². The zero-order valence-electron chi connectivity index (χ0n) is 13.4. The number of nitrogens with zero attached hydrogens (tertiary/aromatic N) is 2. The second-order valence-corrected chi connectivity index (χ2v) is 6.61. The Balaban J connectivity index is 1.52. The Bertz CT molecular complexity index is 724. The summed E-state index contributed by atoms with van der Waals surface area (Å²) in [6.45, 7) is 1.05. The van der Waals surface area contributed by atoms with E-state index in [1.54, 1.807) is 24.3 Å². The van der Waals surface area contributed by atoms with E-state index in [4.69, 9.17) is 5.11 Å². The number of aromatic nitrogens is 2. The van der Waals surface area contributed by atoms with Crippen LogP contribution in [-0.2, 0) is 6.54 Å². The standard InChI is InChI=1S/C19H21N3OS/c23-12-1-13-24-19-8-4-17(5-9-19)21-14-16-2-6-18(7-3-16)22-11-10-20-15-22/h2-11,15,21,23H,1,12-14H2. The molecule has 2 aromatic carbocycles. The van der Waals surface area contributed by atoms with E-state index >= 15 is 0 Å². The van der Waals surface area contributed by atoms with E-state index in [9.17, 15) is 0 Å². The molecule has 0 atom stereocenters. The Morgan fingerprint density at radius 1 is 1.04 bits per heavy atom. The van der Waals surface area contributed by atoms with Crippen LogP contribution < -0.4 is 5.32 Å². The third kappa shape index (κ3) is 4.63. The Labute approximate surface area is 146 Å². The number of rotatable bonds is 8. The first kappa shape index (κ1) is 16.6. The third-order valence-corrected chi connectivity index (χ3v) is 4.76. The van der Waals surface area contributed by atoms with Gasteiger partial charge in [-0.05, 0) is 48.4 Å². The number of benzene rings is 2. The van der Waals surface area contributed by atoms with Gasteiger partial charge in [-0.2, -0.15) is 0 Å². The number of imidazole rings is 1. The molecule has 3 aromatic rings. The van der Waals surface area contributed by atoms with E-state index < -0.39 is 0 Å². The van der Waals surface area contributed by atoms with Gasteiger partial charge in [0.2, 0.25) is 0 Å². The van der Waals surface area contributed by atoms with Crippen molar-refractivity contribution >= 4 is 17.4 Å². The predicted molar refractivity (Wildman–Crippen MR) is 99.8 cm³/mol. The molecule has 24 heavy (non-hydrogen) atoms. The van der Waals surface area contributed by atoms with E-state index in [1.165, 1.54) is 10.5 Å². The number of thioether (sulfide) groups is 1. The topological polar surface area (TPSA) is 50.1 Å². The number of hydrogen-bond donors (Lipinski definition) is 2. The molecule has 0 radical (unpaired) electrons. The van der Waals surface area contributed by atoms with Crippen molar-refractivity contribution in [3.8, 4) is 5.69 Å². The minimum absolute atomic E-state index is 0.256. The molecular formula is C19H21N3OS. The van der Waals surface area contributed by atoms with Gasteiger partial charge in [-0.3, -0.25) is 0 Å². The van der Waals surface area contributed by atoms with Crippen molar-refractivity contribution in [1.82, 2.24) is 9.55 Å². The molecule has 0 bridgehead atoms. The van der Waals surface area contributed by atoms with Crippen LogP contribution in [0, 0.1) is 0 Å². The Morgan fingerprint density at radius 2 is 1.83 bits per heavy atom. The van der Waals surface area contributed by atoms with Crippen molar-refractivity contribution in [2.45, 2.75) is 17.9 Å². The fourth-order valence-electron chi connectivity index (χ4n) is 2.33. The summed E-state index contributed by atoms with van der Waals surface area (Å²) in [5, 5.41) is 12.3. The van der Waals surface area contributed by atoms with Crippen LogP contribution in [0.15, 0.2) is 72.1 Å². The minimum Gasteiger partial charge on any atom is -0.396 e. The summed E-state index contributed by atoms with van der Waals surface area (Å²) in [6.07, 6.45) is 6.35. The van der Waals surface area contributed by atoms with Crippen LogP contribution in [0.1, 0.15) is 12.0 Å². The maximum absolute atomic E-state index is 8.81. The van der Waals surface area contributed by atoms with Crippen LogP contribution in [0.5, 0.6) is 0 Å². The zero-order chi connectivity index (χ0) is 16.6. The lowest BCUT2D eigenvalue weighted by atomic mass is 10.2. The van der Waals surface area contributed by atoms with E-state index in [0.717, 1.165) is 30.1 Å². The quantitative estimate of drug-likeness (QED) is 0.482. The SMILES string of the molecule is OCCCSc1ccc(NCc2ccc(-n3ccnc3)cc2)cc1. The van der Waals surface area contributed by atoms with Gasteiger partial charge in [-0.25, -0.2) is 4.98 Å². The summed E-state index contributed by atoms with van der Waals surface area (Å²) in [7, 11) is 0. The molecule has 5 heteroatoms. The molecule has 0 fully saturated rings. The molecule has 0 aliphatic rings. The first-order valence-electron chi connectivity index (χ1n) is 8.00. The maximum atomic E-state index is 8.81. The number of nitrogens with one attached hydrogen (secondary N) is 1. The fourth-order valence-corrected chi connectivity index (χ4v) is 3.16. The average molecular weight is 339 g/mol. The second-order valence-electron chi connectivity index (χ2n) is 5.44. The van der Waals surface area contributed by atoms with Gasteiger partial charge in [0, 0.05) is 47.6 Å². The van der Waals surface area contributed by atoms with Crippen LogP contribution in [0.4, 0.5) is 5.69 Å². The molecule has 0 aliphatic carbocycles. The van der Waals surface area contributed by atoms with E-state index in [2.05, 4.69) is 58.8 Å². The van der Waals surface area contributed by atoms with Crippen LogP contribution in [0.3, 0.4) is 0 Å². The lowest BCUT2D eigenvalue weighted by molar-refractivity contribution is 0.296. The summed E-state index contributed by atoms with van der Waals surface area (Å²) in [4.78, 5) is 5.30. The summed E-state index contributed by atoms with van der Waals surface area (Å²) in [5.74, 6) is 0.951. The van der Waals surface area contributed by atoms with E-state index in [0.29, 0.717) is 0 Å². The van der Waals surface area contributed by atoms with Gasteiger partial charge >= 0.3 is 0 Å². The predicted octanol–water partition coefficient (Wildman–Crippen LogP) is 3.96. The van der Waals surface area contributed by atoms with Crippen LogP contribution >= 0.6 is 11.8 Å². The number of aliphatic hydroxyl groups excluding tert-OH is 1. The number of anilines is 1. The number of aliphatic hydroxyl groups is 1. The van der Waals surface area contributed by atoms with Gasteiger partial charge in [0.15, 0.2) is 0 Å². The summed E-state index contributed by atoms with van der Waals surface area (Å²) >= 11 is 1.77. The van der Waals surface area contributed by atoms with Gasteiger partial charge in [-0.15, -0.1) is 11.8 Å². The van der Waals surface area contributed by atoms with Crippen molar-refractivity contribution < 1.29 is 5.11 Å². The van der Waals surface area contributed by atoms with Gasteiger partial charge in [0.05, 0.1) is 6.33 Å². The third-order valence-electron chi connectivity index (χ3n) is 3.66. The fraction of sp³-hybridized carbons (Fsp3) is 0.211. The van der Waals surface area contributed by atoms with Crippen LogP contribution in [-0.4, -0.2) is 27.0 Å². The molecule has 0 saturated heterocycles. The highest BCUT2D eigenvalue weighted by atomic mass is 32.2. The lowest BCUT2D eigenvalue weighted by Gasteiger charge is -2.09. The summed E-state index contributed by atoms with van der Waals surface area (Å²) < 4.78 is 1.99. The van der Waals surface area contributed by atoms with E-state index in [-0.39, 0.29) is 6.61 Å². The monoisotopic (exact) mass is 339 g/mol. The largest absolute Gasteiger partial charge is 0.396 e. The van der Waals surface area contributed by atoms with Crippen molar-refractivity contribution in [3.63, 3.8) is 0 Å². The van der Waals surface area contributed by atoms with Crippen LogP contribution in [0.2, 0.25) is 0 Å². The number of hydrogen-bond acceptors (Lipinski definition) is 4. The van der Waals surface area contributed by atoms with Crippen molar-refractivity contribution in [1.29, 1.82) is 0 Å². The smallest absolute Gasteiger partial charge is 0.0991 e. The van der Waals surface area contributed by atoms with Gasteiger partial charge in [-0.1, -0.05) is 12.1 Å². The molecule has 0 saturated carbocycles. The van der Waals surface area contributed by atoms with Gasteiger partial charge in [0.1, 0.15) is 0 Å². The molecule has 2 N–H and O–H groups in total. The molecule has 1 aromatic heterocycles. The first-order valence-corrected chi connectivity index (χ1v) is 8.98. The highest BCUT2D eigenvalue weighted by Crippen LogP contribution is 2.21. The molecule has 124 valence electrons. The van der Waals surface area contributed by atoms with Crippen molar-refractivity contribution in [3.05, 3.63) is 72.8 Å². The molecule has 3 rings (SSSR count). The second kappa shape index (κ2) is 8.57. The summed E-state index contributed by atoms with van der Waals surface area (Å²) in [5.41, 5.74) is 3.46. The normalized spacial score (nSPS) is 10.7. The van der Waals surface area contributed by atoms with E-state index in [1.807, 2.05) is 10.8 Å². The molecule has 4 nitrogen and oxygen atoms in total. The molecule has 1 heterocycles. The highest BCUT2D eigenvalue weighted by Gasteiger charge is 1.99. The van der Waals surface area contributed by atoms with Gasteiger partial charge in [0.25, 0.3) is 0 Å². The maximum Gasteiger partial charge on any atom is 0.0991 e. The lowest BCUT2D eigenvalue weighted by Crippen LogP contribution is -1.99.